The first kappa shape index (κ1) is 15.9. The summed E-state index contributed by atoms with van der Waals surface area (Å²) in [6.45, 7) is 0.119. The van der Waals surface area contributed by atoms with Crippen molar-refractivity contribution in [1.29, 1.82) is 0 Å². The van der Waals surface area contributed by atoms with Crippen LogP contribution in [-0.2, 0) is 25.7 Å². The summed E-state index contributed by atoms with van der Waals surface area (Å²) >= 11 is 0. The third kappa shape index (κ3) is 2.48. The number of fused-ring (bicyclic) bond motifs is 1. The summed E-state index contributed by atoms with van der Waals surface area (Å²) in [4.78, 5) is 58.7. The highest BCUT2D eigenvalue weighted by molar-refractivity contribution is 6.28. The van der Waals surface area contributed by atoms with Gasteiger partial charge in [0.2, 0.25) is 17.6 Å². The minimum atomic E-state index is -1.19. The van der Waals surface area contributed by atoms with Gasteiger partial charge in [0.05, 0.1) is 16.5 Å². The number of Topliss-reactive ketones (excluding diaryl/α,β-unsaturated/α-hetero) is 1. The second kappa shape index (κ2) is 5.93. The largest absolute Gasteiger partial charge is 0.295 e. The standard InChI is InChI=1S/C15H13N3O6/c19-7-11(20)14-13-8(2-1-3-9(13)18(23)24)6-17(14)10-4-5-12(21)16-15(10)22/h1-3,7,10,14H,4-6H2,(H,16,21,22). The summed E-state index contributed by atoms with van der Waals surface area (Å²) in [7, 11) is 0. The Labute approximate surface area is 135 Å². The van der Waals surface area contributed by atoms with Crippen molar-refractivity contribution in [2.24, 2.45) is 0 Å². The van der Waals surface area contributed by atoms with E-state index in [9.17, 15) is 29.3 Å². The molecule has 3 rings (SSSR count). The van der Waals surface area contributed by atoms with Crippen molar-refractivity contribution in [3.63, 3.8) is 0 Å². The van der Waals surface area contributed by atoms with Gasteiger partial charge in [-0.15, -0.1) is 0 Å². The molecule has 1 aromatic rings. The molecule has 0 aliphatic carbocycles. The molecule has 2 aliphatic rings. The van der Waals surface area contributed by atoms with Gasteiger partial charge in [0, 0.05) is 19.0 Å². The number of nitro groups is 1. The van der Waals surface area contributed by atoms with Crippen molar-refractivity contribution < 1.29 is 24.1 Å². The molecule has 0 saturated carbocycles. The van der Waals surface area contributed by atoms with E-state index in [2.05, 4.69) is 5.32 Å². The van der Waals surface area contributed by atoms with Crippen molar-refractivity contribution in [3.05, 3.63) is 39.4 Å². The average molecular weight is 331 g/mol. The first-order chi connectivity index (χ1) is 11.4. The zero-order chi connectivity index (χ0) is 17.4. The number of nitrogens with one attached hydrogen (secondary N) is 1. The molecule has 2 heterocycles. The molecule has 2 aliphatic heterocycles. The molecule has 1 saturated heterocycles. The maximum atomic E-state index is 12.1. The van der Waals surface area contributed by atoms with Crippen molar-refractivity contribution >= 4 is 29.6 Å². The quantitative estimate of drug-likeness (QED) is 0.271. The van der Waals surface area contributed by atoms with Gasteiger partial charge in [0.25, 0.3) is 5.69 Å². The zero-order valence-corrected chi connectivity index (χ0v) is 12.4. The van der Waals surface area contributed by atoms with E-state index in [1.165, 1.54) is 17.0 Å². The van der Waals surface area contributed by atoms with E-state index >= 15 is 0 Å². The number of nitrogens with zero attached hydrogens (tertiary/aromatic N) is 2. The topological polar surface area (TPSA) is 127 Å². The van der Waals surface area contributed by atoms with E-state index in [0.717, 1.165) is 0 Å². The first-order valence-electron chi connectivity index (χ1n) is 7.28. The molecule has 0 spiro atoms. The molecule has 124 valence electrons. The van der Waals surface area contributed by atoms with Crippen LogP contribution in [0.15, 0.2) is 18.2 Å². The normalized spacial score (nSPS) is 23.5. The third-order valence-electron chi connectivity index (χ3n) is 4.32. The number of hydrogen-bond donors (Lipinski definition) is 1. The summed E-state index contributed by atoms with van der Waals surface area (Å²) in [5.41, 5.74) is 0.404. The minimum absolute atomic E-state index is 0.105. The maximum absolute atomic E-state index is 12.1. The predicted molar refractivity (Wildman–Crippen MR) is 78.6 cm³/mol. The molecule has 0 bridgehead atoms. The molecule has 1 fully saturated rings. The van der Waals surface area contributed by atoms with Crippen LogP contribution in [-0.4, -0.2) is 39.7 Å². The van der Waals surface area contributed by atoms with Gasteiger partial charge in [-0.25, -0.2) is 0 Å². The molecule has 24 heavy (non-hydrogen) atoms. The number of rotatable bonds is 4. The Bertz CT molecular complexity index is 774. The van der Waals surface area contributed by atoms with Gasteiger partial charge in [-0.2, -0.15) is 0 Å². The molecule has 1 aromatic carbocycles. The second-order valence-electron chi connectivity index (χ2n) is 5.67. The molecule has 2 atom stereocenters. The number of hydrogen-bond acceptors (Lipinski definition) is 7. The van der Waals surface area contributed by atoms with E-state index in [-0.39, 0.29) is 36.9 Å². The number of amides is 2. The number of nitro benzene ring substituents is 1. The van der Waals surface area contributed by atoms with Crippen LogP contribution in [0.4, 0.5) is 5.69 Å². The number of carbonyl (C=O) groups is 4. The van der Waals surface area contributed by atoms with Gasteiger partial charge in [0.15, 0.2) is 6.29 Å². The molecular formula is C15H13N3O6. The van der Waals surface area contributed by atoms with E-state index in [1.54, 1.807) is 6.07 Å². The van der Waals surface area contributed by atoms with Crippen molar-refractivity contribution in [2.75, 3.05) is 0 Å². The van der Waals surface area contributed by atoms with Crippen LogP contribution in [0, 0.1) is 10.1 Å². The Kier molecular flexibility index (Phi) is 3.94. The highest BCUT2D eigenvalue weighted by atomic mass is 16.6. The van der Waals surface area contributed by atoms with Crippen LogP contribution >= 0.6 is 0 Å². The number of imide groups is 1. The number of ketones is 1. The average Bonchev–Trinajstić information content (AvgIpc) is 2.92. The molecule has 0 radical (unpaired) electrons. The lowest BCUT2D eigenvalue weighted by molar-refractivity contribution is -0.385. The van der Waals surface area contributed by atoms with Crippen LogP contribution in [0.1, 0.15) is 30.0 Å². The molecule has 2 amide bonds. The van der Waals surface area contributed by atoms with Crippen LogP contribution in [0.2, 0.25) is 0 Å². The van der Waals surface area contributed by atoms with Gasteiger partial charge in [-0.05, 0) is 12.0 Å². The highest BCUT2D eigenvalue weighted by Crippen LogP contribution is 2.41. The van der Waals surface area contributed by atoms with E-state index < -0.39 is 34.6 Å². The van der Waals surface area contributed by atoms with E-state index in [0.29, 0.717) is 5.56 Å². The van der Waals surface area contributed by atoms with Crippen LogP contribution in [0.5, 0.6) is 0 Å². The second-order valence-corrected chi connectivity index (χ2v) is 5.67. The number of piperidine rings is 1. The summed E-state index contributed by atoms with van der Waals surface area (Å²) in [5.74, 6) is -1.82. The third-order valence-corrected chi connectivity index (χ3v) is 4.32. The van der Waals surface area contributed by atoms with Gasteiger partial charge in [-0.1, -0.05) is 12.1 Å². The predicted octanol–water partition coefficient (Wildman–Crippen LogP) is 0.0247. The first-order valence-corrected chi connectivity index (χ1v) is 7.28. The highest BCUT2D eigenvalue weighted by Gasteiger charge is 2.46. The summed E-state index contributed by atoms with van der Waals surface area (Å²) in [5, 5.41) is 13.5. The monoisotopic (exact) mass is 331 g/mol. The fraction of sp³-hybridized carbons (Fsp3) is 0.333. The SMILES string of the molecule is O=CC(=O)C1c2c(cccc2[N+](=O)[O-])CN1C1CCC(=O)NC1=O. The van der Waals surface area contributed by atoms with E-state index in [1.807, 2.05) is 0 Å². The van der Waals surface area contributed by atoms with Crippen LogP contribution in [0.3, 0.4) is 0 Å². The Hall–Kier alpha value is -2.94. The molecule has 9 heteroatoms. The Morgan fingerprint density at radius 2 is 2.12 bits per heavy atom. The van der Waals surface area contributed by atoms with Crippen LogP contribution in [0.25, 0.3) is 0 Å². The smallest absolute Gasteiger partial charge is 0.274 e. The lowest BCUT2D eigenvalue weighted by atomic mass is 9.97. The number of carbonyl (C=O) groups excluding carboxylic acids is 4. The van der Waals surface area contributed by atoms with Gasteiger partial charge >= 0.3 is 0 Å². The zero-order valence-electron chi connectivity index (χ0n) is 12.4. The van der Waals surface area contributed by atoms with Gasteiger partial charge < -0.3 is 0 Å². The number of benzene rings is 1. The fourth-order valence-electron chi connectivity index (χ4n) is 3.32. The summed E-state index contributed by atoms with van der Waals surface area (Å²) in [6, 6.07) is 2.39. The van der Waals surface area contributed by atoms with Crippen LogP contribution < -0.4 is 5.32 Å². The van der Waals surface area contributed by atoms with E-state index in [4.69, 9.17) is 0 Å². The lowest BCUT2D eigenvalue weighted by Gasteiger charge is -2.32. The molecule has 9 nitrogen and oxygen atoms in total. The minimum Gasteiger partial charge on any atom is -0.295 e. The van der Waals surface area contributed by atoms with Gasteiger partial charge in [-0.3, -0.25) is 39.5 Å². The van der Waals surface area contributed by atoms with Crippen molar-refractivity contribution in [1.82, 2.24) is 10.2 Å². The molecule has 0 aromatic heterocycles. The fourth-order valence-corrected chi connectivity index (χ4v) is 3.32. The van der Waals surface area contributed by atoms with Crippen molar-refractivity contribution in [3.8, 4) is 0 Å². The Balaban J connectivity index is 2.06. The maximum Gasteiger partial charge on any atom is 0.274 e. The summed E-state index contributed by atoms with van der Waals surface area (Å²) < 4.78 is 0. The lowest BCUT2D eigenvalue weighted by Crippen LogP contribution is -2.52. The van der Waals surface area contributed by atoms with Gasteiger partial charge in [0.1, 0.15) is 6.04 Å². The molecule has 2 unspecified atom stereocenters. The van der Waals surface area contributed by atoms with Crippen molar-refractivity contribution in [2.45, 2.75) is 31.5 Å². The molecule has 1 N–H and O–H groups in total. The Morgan fingerprint density at radius 1 is 1.38 bits per heavy atom. The number of aldehydes is 1. The Morgan fingerprint density at radius 3 is 2.75 bits per heavy atom. The molecular weight excluding hydrogens is 318 g/mol. The summed E-state index contributed by atoms with van der Waals surface area (Å²) in [6.07, 6.45) is 0.401.